The third kappa shape index (κ3) is 5.47. The van der Waals surface area contributed by atoms with Crippen molar-refractivity contribution >= 4 is 30.5 Å². The lowest BCUT2D eigenvalue weighted by atomic mass is 9.47. The van der Waals surface area contributed by atoms with E-state index in [2.05, 4.69) is 88.4 Å². The summed E-state index contributed by atoms with van der Waals surface area (Å²) >= 11 is 0. The summed E-state index contributed by atoms with van der Waals surface area (Å²) in [6, 6.07) is 22.4. The molecule has 0 heterocycles. The molecule has 0 N–H and O–H groups in total. The van der Waals surface area contributed by atoms with Gasteiger partial charge < -0.3 is 8.85 Å². The second kappa shape index (κ2) is 13.2. The number of allylic oxidation sites excluding steroid dienone is 2. The number of benzene rings is 2. The van der Waals surface area contributed by atoms with Crippen molar-refractivity contribution in [2.24, 2.45) is 57.2 Å². The molecule has 8 aliphatic carbocycles. The Bertz CT molecular complexity index is 1760. The van der Waals surface area contributed by atoms with Gasteiger partial charge in [-0.2, -0.15) is 0 Å². The highest BCUT2D eigenvalue weighted by Crippen LogP contribution is 2.68. The monoisotopic (exact) mass is 756 g/mol. The van der Waals surface area contributed by atoms with Crippen LogP contribution in [0.4, 0.5) is 0 Å². The predicted octanol–water partition coefficient (Wildman–Crippen LogP) is 10.1. The molecular weight excluding hydrogens is 693 g/mol. The van der Waals surface area contributed by atoms with Gasteiger partial charge in [-0.3, -0.25) is 9.59 Å². The molecule has 0 aliphatic heterocycles. The van der Waals surface area contributed by atoms with Crippen molar-refractivity contribution in [3.63, 3.8) is 0 Å². The van der Waals surface area contributed by atoms with Gasteiger partial charge in [0.05, 0.1) is 12.2 Å². The van der Waals surface area contributed by atoms with Crippen molar-refractivity contribution in [3.05, 3.63) is 84.0 Å². The molecule has 6 saturated carbocycles. The van der Waals surface area contributed by atoms with Crippen molar-refractivity contribution in [2.45, 2.75) is 143 Å². The fourth-order valence-corrected chi connectivity index (χ4v) is 19.4. The van der Waals surface area contributed by atoms with E-state index >= 15 is 0 Å². The van der Waals surface area contributed by atoms with Crippen LogP contribution in [-0.4, -0.2) is 32.3 Å². The Morgan fingerprint density at radius 3 is 1.33 bits per heavy atom. The van der Waals surface area contributed by atoms with E-state index in [0.29, 0.717) is 47.1 Å². The van der Waals surface area contributed by atoms with Crippen LogP contribution in [0, 0.1) is 57.2 Å². The van der Waals surface area contributed by atoms with Crippen LogP contribution in [-0.2, 0) is 18.4 Å². The highest BCUT2D eigenvalue weighted by molar-refractivity contribution is 6.92. The molecule has 12 unspecified atom stereocenters. The number of fused-ring (bicyclic) bond motifs is 10. The number of ketones is 2. The summed E-state index contributed by atoms with van der Waals surface area (Å²) in [6.07, 6.45) is 22.1. The average Bonchev–Trinajstić information content (AvgIpc) is 3.71. The van der Waals surface area contributed by atoms with Crippen molar-refractivity contribution in [1.29, 1.82) is 0 Å². The Balaban J connectivity index is 0.984. The molecular formula is C50H64O4Si. The first kappa shape index (κ1) is 36.7. The second-order valence-corrected chi connectivity index (χ2v) is 23.6. The van der Waals surface area contributed by atoms with Crippen LogP contribution in [0.25, 0.3) is 0 Å². The molecule has 12 atom stereocenters. The van der Waals surface area contributed by atoms with Crippen LogP contribution < -0.4 is 10.4 Å². The largest absolute Gasteiger partial charge is 0.407 e. The van der Waals surface area contributed by atoms with E-state index in [1.54, 1.807) is 0 Å². The van der Waals surface area contributed by atoms with Gasteiger partial charge in [0.15, 0.2) is 11.6 Å². The lowest BCUT2D eigenvalue weighted by molar-refractivity contribution is -0.118. The molecule has 0 bridgehead atoms. The van der Waals surface area contributed by atoms with Crippen molar-refractivity contribution in [1.82, 2.24) is 0 Å². The highest BCUT2D eigenvalue weighted by Gasteiger charge is 2.64. The maximum atomic E-state index is 12.5. The topological polar surface area (TPSA) is 52.6 Å². The van der Waals surface area contributed by atoms with Gasteiger partial charge in [0.2, 0.25) is 0 Å². The summed E-state index contributed by atoms with van der Waals surface area (Å²) in [5, 5.41) is 2.50. The zero-order valence-corrected chi connectivity index (χ0v) is 35.0. The SMILES string of the molecule is CC12CCC(=O)C=C1CCC1C2CCC2(C)C(O[Si](OC3CCC4C5CCC6=CC(=O)CCC6(C)C5CCC34C)(c3ccccc3)c3ccccc3)CCC12. The molecule has 5 heteroatoms. The van der Waals surface area contributed by atoms with Crippen LogP contribution in [0.15, 0.2) is 84.0 Å². The highest BCUT2D eigenvalue weighted by atomic mass is 28.4. The Morgan fingerprint density at radius 2 is 0.909 bits per heavy atom. The molecule has 0 amide bonds. The summed E-state index contributed by atoms with van der Waals surface area (Å²) in [7, 11) is -3.21. The van der Waals surface area contributed by atoms with Gasteiger partial charge in [-0.05, 0) is 170 Å². The van der Waals surface area contributed by atoms with Crippen molar-refractivity contribution in [2.75, 3.05) is 0 Å². The smallest absolute Gasteiger partial charge is 0.384 e. The Labute approximate surface area is 331 Å². The summed E-state index contributed by atoms with van der Waals surface area (Å²) < 4.78 is 16.2. The average molecular weight is 757 g/mol. The van der Waals surface area contributed by atoms with Crippen LogP contribution in [0.2, 0.25) is 0 Å². The minimum Gasteiger partial charge on any atom is -0.384 e. The van der Waals surface area contributed by atoms with E-state index in [9.17, 15) is 9.59 Å². The maximum absolute atomic E-state index is 12.5. The number of rotatable bonds is 6. The molecule has 8 aliphatic rings. The lowest BCUT2D eigenvalue weighted by Crippen LogP contribution is -2.68. The van der Waals surface area contributed by atoms with Gasteiger partial charge in [0, 0.05) is 12.8 Å². The number of hydrogen-bond acceptors (Lipinski definition) is 4. The van der Waals surface area contributed by atoms with E-state index in [0.717, 1.165) is 51.4 Å². The maximum Gasteiger partial charge on any atom is 0.407 e. The van der Waals surface area contributed by atoms with Gasteiger partial charge in [-0.15, -0.1) is 0 Å². The fraction of sp³-hybridized carbons (Fsp3) is 0.640. The third-order valence-electron chi connectivity index (χ3n) is 18.7. The first-order valence-electron chi connectivity index (χ1n) is 22.4. The van der Waals surface area contributed by atoms with Gasteiger partial charge in [0.1, 0.15) is 0 Å². The Morgan fingerprint density at radius 1 is 0.491 bits per heavy atom. The molecule has 2 aromatic carbocycles. The van der Waals surface area contributed by atoms with Crippen LogP contribution in [0.5, 0.6) is 0 Å². The normalized spacial score (nSPS) is 43.6. The predicted molar refractivity (Wildman–Crippen MR) is 221 cm³/mol. The van der Waals surface area contributed by atoms with Crippen molar-refractivity contribution in [3.8, 4) is 0 Å². The van der Waals surface area contributed by atoms with E-state index < -0.39 is 8.56 Å². The summed E-state index contributed by atoms with van der Waals surface area (Å²) in [5.74, 6) is 4.74. The molecule has 4 nitrogen and oxygen atoms in total. The standard InChI is InChI=1S/C50H64O4Si/c1-47-27-23-35(51)31-33(47)15-17-39-41-19-21-45(49(41,3)29-25-43(39)47)53-55(37-11-7-5-8-12-37,38-13-9-6-10-14-38)54-46-22-20-42-40-18-16-34-32-36(52)24-28-48(34,2)44(40)26-30-50(42,46)4/h5-14,31-32,39-46H,15-30H2,1-4H3. The summed E-state index contributed by atoms with van der Waals surface area (Å²) in [4.78, 5) is 25.0. The second-order valence-electron chi connectivity index (χ2n) is 20.7. The fourth-order valence-electron chi connectivity index (χ4n) is 15.6. The molecule has 0 aromatic heterocycles. The zero-order chi connectivity index (χ0) is 37.8. The summed E-state index contributed by atoms with van der Waals surface area (Å²) in [5.41, 5.74) is 3.50. The molecule has 0 radical (unpaired) electrons. The first-order chi connectivity index (χ1) is 26.5. The molecule has 0 saturated heterocycles. The van der Waals surface area contributed by atoms with Crippen LogP contribution in [0.1, 0.15) is 130 Å². The van der Waals surface area contributed by atoms with Gasteiger partial charge in [0.25, 0.3) is 0 Å². The quantitative estimate of drug-likeness (QED) is 0.276. The molecule has 0 spiro atoms. The Kier molecular flexibility index (Phi) is 8.82. The van der Waals surface area contributed by atoms with Crippen molar-refractivity contribution < 1.29 is 18.4 Å². The zero-order valence-electron chi connectivity index (χ0n) is 34.0. The van der Waals surface area contributed by atoms with E-state index in [1.807, 2.05) is 12.2 Å². The molecule has 55 heavy (non-hydrogen) atoms. The van der Waals surface area contributed by atoms with Crippen LogP contribution in [0.3, 0.4) is 0 Å². The minimum atomic E-state index is -3.21. The number of hydrogen-bond donors (Lipinski definition) is 0. The minimum absolute atomic E-state index is 0.110. The van der Waals surface area contributed by atoms with E-state index in [-0.39, 0.29) is 33.9 Å². The molecule has 292 valence electrons. The van der Waals surface area contributed by atoms with E-state index in [4.69, 9.17) is 8.85 Å². The van der Waals surface area contributed by atoms with E-state index in [1.165, 1.54) is 72.9 Å². The molecule has 10 rings (SSSR count). The van der Waals surface area contributed by atoms with Gasteiger partial charge in [-0.1, -0.05) is 99.5 Å². The third-order valence-corrected chi connectivity index (χ3v) is 22.1. The van der Waals surface area contributed by atoms with Gasteiger partial charge >= 0.3 is 8.56 Å². The molecule has 2 aromatic rings. The van der Waals surface area contributed by atoms with Gasteiger partial charge in [-0.25, -0.2) is 0 Å². The number of carbonyl (C=O) groups is 2. The lowest BCUT2D eigenvalue weighted by Gasteiger charge is -2.59. The summed E-state index contributed by atoms with van der Waals surface area (Å²) in [6.45, 7) is 10.2. The van der Waals surface area contributed by atoms with Crippen LogP contribution >= 0.6 is 0 Å². The number of carbonyl (C=O) groups excluding carboxylic acids is 2. The Hall–Kier alpha value is -2.60. The first-order valence-corrected chi connectivity index (χ1v) is 24.2. The molecule has 6 fully saturated rings.